The summed E-state index contributed by atoms with van der Waals surface area (Å²) in [5.41, 5.74) is -1.10. The fraction of sp³-hybridized carbons (Fsp3) is 0.364. The molecule has 1 saturated carbocycles. The van der Waals surface area contributed by atoms with Gasteiger partial charge in [0.05, 0.1) is 36.3 Å². The maximum absolute atomic E-state index is 14.3. The number of aliphatic hydroxyl groups is 1. The summed E-state index contributed by atoms with van der Waals surface area (Å²) in [6.07, 6.45) is -1.72. The number of amides is 1. The molecule has 1 atom stereocenters. The van der Waals surface area contributed by atoms with Crippen molar-refractivity contribution in [3.8, 4) is 23.0 Å². The highest BCUT2D eigenvalue weighted by atomic mass is 32.2. The number of hydrogen-bond donors (Lipinski definition) is 3. The molecule has 2 heterocycles. The molecule has 2 aromatic heterocycles. The Balaban J connectivity index is 1.71. The van der Waals surface area contributed by atoms with Crippen LogP contribution in [0.1, 0.15) is 56.6 Å². The van der Waals surface area contributed by atoms with Crippen molar-refractivity contribution >= 4 is 32.8 Å². The molecule has 1 fully saturated rings. The molecular weight excluding hydrogens is 654 g/mol. The first kappa shape index (κ1) is 34.6. The van der Waals surface area contributed by atoms with E-state index in [4.69, 9.17) is 4.74 Å². The van der Waals surface area contributed by atoms with Crippen LogP contribution in [0.2, 0.25) is 0 Å². The average molecular weight is 688 g/mol. The zero-order valence-electron chi connectivity index (χ0n) is 26.7. The van der Waals surface area contributed by atoms with E-state index in [1.807, 2.05) is 0 Å². The summed E-state index contributed by atoms with van der Waals surface area (Å²) in [5.74, 6) is 0.456. The minimum absolute atomic E-state index is 0.0513. The lowest BCUT2D eigenvalue weighted by atomic mass is 9.77. The van der Waals surface area contributed by atoms with Crippen LogP contribution in [0.15, 0.2) is 48.5 Å². The van der Waals surface area contributed by atoms with Gasteiger partial charge >= 0.3 is 6.09 Å². The van der Waals surface area contributed by atoms with Crippen LogP contribution in [0.25, 0.3) is 22.0 Å². The van der Waals surface area contributed by atoms with Crippen LogP contribution in [0.3, 0.4) is 0 Å². The number of alkyl halides is 2. The van der Waals surface area contributed by atoms with Crippen molar-refractivity contribution in [2.24, 2.45) is 7.05 Å². The molecule has 3 N–H and O–H groups in total. The van der Waals surface area contributed by atoms with E-state index in [0.29, 0.717) is 28.1 Å². The van der Waals surface area contributed by atoms with Crippen molar-refractivity contribution in [2.45, 2.75) is 63.2 Å². The van der Waals surface area contributed by atoms with E-state index in [1.54, 1.807) is 52.1 Å². The van der Waals surface area contributed by atoms with Crippen LogP contribution in [-0.2, 0) is 28.2 Å². The summed E-state index contributed by atoms with van der Waals surface area (Å²) in [5, 5.41) is 18.0. The molecule has 4 aromatic rings. The van der Waals surface area contributed by atoms with E-state index in [-0.39, 0.29) is 29.2 Å². The van der Waals surface area contributed by atoms with E-state index in [0.717, 1.165) is 18.4 Å². The highest BCUT2D eigenvalue weighted by Gasteiger charge is 2.55. The molecule has 0 spiro atoms. The van der Waals surface area contributed by atoms with Crippen molar-refractivity contribution in [3.63, 3.8) is 0 Å². The number of rotatable bonds is 7. The molecule has 0 bridgehead atoms. The number of alkyl carbamates (subject to hydrolysis) is 1. The number of para-hydroxylation sites is 1. The van der Waals surface area contributed by atoms with Gasteiger partial charge in [0, 0.05) is 29.6 Å². The SMILES string of the molecule is Cn1nc(NS(C)(=O)=O)c2cccc(-c3ccc(C#CC4(O)CC(F)(F)C4)nc3[C@H](Cc3cc(F)cc(F)c3)NC(=O)OC(C)(C)C)c21. The molecule has 0 aliphatic heterocycles. The first-order valence-corrected chi connectivity index (χ1v) is 16.6. The van der Waals surface area contributed by atoms with Gasteiger partial charge in [-0.15, -0.1) is 0 Å². The van der Waals surface area contributed by atoms with Gasteiger partial charge in [0.1, 0.15) is 28.5 Å². The number of hydrogen-bond acceptors (Lipinski definition) is 7. The molecule has 10 nitrogen and oxygen atoms in total. The molecule has 254 valence electrons. The van der Waals surface area contributed by atoms with Gasteiger partial charge in [-0.2, -0.15) is 5.10 Å². The normalized spacial score (nSPS) is 16.0. The zero-order valence-corrected chi connectivity index (χ0v) is 27.5. The summed E-state index contributed by atoms with van der Waals surface area (Å²) >= 11 is 0. The predicted molar refractivity (Wildman–Crippen MR) is 171 cm³/mol. The number of nitrogens with one attached hydrogen (secondary N) is 2. The minimum atomic E-state index is -3.70. The summed E-state index contributed by atoms with van der Waals surface area (Å²) < 4.78 is 89.1. The lowest BCUT2D eigenvalue weighted by molar-refractivity contribution is -0.176. The van der Waals surface area contributed by atoms with Crippen LogP contribution >= 0.6 is 0 Å². The number of aryl methyl sites for hydroxylation is 1. The number of carbonyl (C=O) groups excluding carboxylic acids is 1. The third-order valence-electron chi connectivity index (χ3n) is 7.27. The Bertz CT molecular complexity index is 2060. The van der Waals surface area contributed by atoms with E-state index >= 15 is 0 Å². The molecule has 1 aliphatic rings. The van der Waals surface area contributed by atoms with Gasteiger partial charge in [-0.3, -0.25) is 9.40 Å². The smallest absolute Gasteiger partial charge is 0.408 e. The van der Waals surface area contributed by atoms with Crippen LogP contribution < -0.4 is 10.0 Å². The Hall–Kier alpha value is -4.68. The molecule has 15 heteroatoms. The number of carbonyl (C=O) groups is 1. The Morgan fingerprint density at radius 1 is 1.10 bits per heavy atom. The van der Waals surface area contributed by atoms with Crippen LogP contribution in [0.4, 0.5) is 28.2 Å². The lowest BCUT2D eigenvalue weighted by Crippen LogP contribution is -2.50. The second kappa shape index (κ2) is 12.4. The van der Waals surface area contributed by atoms with E-state index in [2.05, 4.69) is 32.0 Å². The number of nitrogens with zero attached hydrogens (tertiary/aromatic N) is 3. The van der Waals surface area contributed by atoms with E-state index < -0.39 is 63.8 Å². The molecule has 2 aromatic carbocycles. The summed E-state index contributed by atoms with van der Waals surface area (Å²) in [4.78, 5) is 17.8. The topological polar surface area (TPSA) is 135 Å². The second-order valence-corrected chi connectivity index (χ2v) is 14.6. The van der Waals surface area contributed by atoms with Crippen molar-refractivity contribution < 1.29 is 40.6 Å². The number of anilines is 1. The number of sulfonamides is 1. The van der Waals surface area contributed by atoms with Crippen molar-refractivity contribution in [1.82, 2.24) is 20.1 Å². The first-order chi connectivity index (χ1) is 22.2. The third-order valence-corrected chi connectivity index (χ3v) is 7.83. The van der Waals surface area contributed by atoms with Crippen LogP contribution in [0.5, 0.6) is 0 Å². The van der Waals surface area contributed by atoms with Crippen LogP contribution in [-0.4, -0.2) is 57.8 Å². The van der Waals surface area contributed by atoms with Gasteiger partial charge in [0.2, 0.25) is 10.0 Å². The lowest BCUT2D eigenvalue weighted by Gasteiger charge is -2.39. The maximum atomic E-state index is 14.3. The summed E-state index contributed by atoms with van der Waals surface area (Å²) in [6.45, 7) is 4.97. The quantitative estimate of drug-likeness (QED) is 0.170. The number of pyridine rings is 1. The van der Waals surface area contributed by atoms with Gasteiger partial charge in [0.25, 0.3) is 5.92 Å². The first-order valence-electron chi connectivity index (χ1n) is 14.7. The van der Waals surface area contributed by atoms with Gasteiger partial charge < -0.3 is 15.2 Å². The van der Waals surface area contributed by atoms with Gasteiger partial charge in [0.15, 0.2) is 5.82 Å². The molecule has 0 unspecified atom stereocenters. The van der Waals surface area contributed by atoms with Gasteiger partial charge in [-0.05, 0) is 69.0 Å². The molecule has 0 saturated heterocycles. The summed E-state index contributed by atoms with van der Waals surface area (Å²) in [6, 6.07) is 9.94. The average Bonchev–Trinajstić information content (AvgIpc) is 3.22. The standard InChI is InChI=1S/C33H33F4N5O5S/c1-31(2,3)47-30(43)39-26(15-19-13-20(34)16-21(35)14-19)27-23(10-9-22(38-27)11-12-32(44)17-33(36,37)18-32)24-7-6-8-25-28(24)42(4)40-29(25)41-48(5,45)46/h6-10,13-14,16,26,44H,15,17-18H2,1-5H3,(H,39,43)(H,40,41)/t26-/m0/s1. The third kappa shape index (κ3) is 8.23. The Morgan fingerprint density at radius 3 is 2.38 bits per heavy atom. The molecule has 5 rings (SSSR count). The highest BCUT2D eigenvalue weighted by molar-refractivity contribution is 7.92. The summed E-state index contributed by atoms with van der Waals surface area (Å²) in [7, 11) is -2.09. The zero-order chi connectivity index (χ0) is 35.2. The van der Waals surface area contributed by atoms with Gasteiger partial charge in [-0.1, -0.05) is 18.1 Å². The van der Waals surface area contributed by atoms with Crippen LogP contribution in [0, 0.1) is 23.5 Å². The highest BCUT2D eigenvalue weighted by Crippen LogP contribution is 2.45. The molecule has 48 heavy (non-hydrogen) atoms. The number of fused-ring (bicyclic) bond motifs is 1. The second-order valence-electron chi connectivity index (χ2n) is 12.8. The Kier molecular flexibility index (Phi) is 8.95. The monoisotopic (exact) mass is 687 g/mol. The Labute approximate surface area is 274 Å². The fourth-order valence-electron chi connectivity index (χ4n) is 5.55. The van der Waals surface area contributed by atoms with Crippen molar-refractivity contribution in [2.75, 3.05) is 11.0 Å². The van der Waals surface area contributed by atoms with E-state index in [9.17, 15) is 35.9 Å². The number of aromatic nitrogens is 3. The van der Waals surface area contributed by atoms with Crippen molar-refractivity contribution in [1.29, 1.82) is 0 Å². The fourth-order valence-corrected chi connectivity index (χ4v) is 6.05. The number of ether oxygens (including phenoxy) is 1. The predicted octanol–water partition coefficient (Wildman–Crippen LogP) is 5.61. The molecule has 1 amide bonds. The molecule has 0 radical (unpaired) electrons. The Morgan fingerprint density at radius 2 is 1.77 bits per heavy atom. The molecule has 1 aliphatic carbocycles. The number of halogens is 4. The molecular formula is C33H33F4N5O5S. The maximum Gasteiger partial charge on any atom is 0.408 e. The van der Waals surface area contributed by atoms with Crippen molar-refractivity contribution in [3.05, 3.63) is 77.1 Å². The minimum Gasteiger partial charge on any atom is -0.444 e. The number of benzene rings is 2. The van der Waals surface area contributed by atoms with Gasteiger partial charge in [-0.25, -0.2) is 35.8 Å². The van der Waals surface area contributed by atoms with E-state index in [1.165, 1.54) is 10.7 Å². The largest absolute Gasteiger partial charge is 0.444 e.